The molecule has 3 heteroatoms. The fourth-order valence-corrected chi connectivity index (χ4v) is 2.81. The first-order chi connectivity index (χ1) is 10.4. The number of hydrogen-bond acceptors (Lipinski definition) is 3. The van der Waals surface area contributed by atoms with Crippen molar-refractivity contribution in [3.05, 3.63) is 35.4 Å². The van der Waals surface area contributed by atoms with Crippen LogP contribution in [-0.2, 0) is 17.9 Å². The maximum Gasteiger partial charge on any atom is 0.0717 e. The van der Waals surface area contributed by atoms with Gasteiger partial charge in [-0.05, 0) is 50.0 Å². The van der Waals surface area contributed by atoms with Crippen LogP contribution < -0.4 is 5.32 Å². The van der Waals surface area contributed by atoms with Gasteiger partial charge in [-0.1, -0.05) is 37.6 Å². The van der Waals surface area contributed by atoms with Crippen LogP contribution in [0.5, 0.6) is 0 Å². The molecule has 1 aliphatic rings. The summed E-state index contributed by atoms with van der Waals surface area (Å²) in [6, 6.07) is 8.72. The van der Waals surface area contributed by atoms with E-state index in [2.05, 4.69) is 41.4 Å². The van der Waals surface area contributed by atoms with Gasteiger partial charge in [0, 0.05) is 13.1 Å². The van der Waals surface area contributed by atoms with E-state index in [1.54, 1.807) is 0 Å². The Morgan fingerprint density at radius 1 is 1.14 bits per heavy atom. The average Bonchev–Trinajstić information content (AvgIpc) is 2.53. The molecule has 1 aliphatic heterocycles. The molecule has 0 bridgehead atoms. The van der Waals surface area contributed by atoms with Crippen molar-refractivity contribution in [2.45, 2.75) is 45.8 Å². The first-order valence-corrected chi connectivity index (χ1v) is 8.47. The number of nitrogens with zero attached hydrogens (tertiary/aromatic N) is 1. The lowest BCUT2D eigenvalue weighted by atomic mass is 10.1. The third kappa shape index (κ3) is 6.60. The molecule has 1 N–H and O–H groups in total. The summed E-state index contributed by atoms with van der Waals surface area (Å²) in [5.74, 6) is 0. The first-order valence-electron chi connectivity index (χ1n) is 8.47. The monoisotopic (exact) mass is 290 g/mol. The van der Waals surface area contributed by atoms with Gasteiger partial charge in [-0.2, -0.15) is 0 Å². The van der Waals surface area contributed by atoms with E-state index in [9.17, 15) is 0 Å². The van der Waals surface area contributed by atoms with Gasteiger partial charge in [0.1, 0.15) is 0 Å². The third-order valence-electron chi connectivity index (χ3n) is 4.02. The first kappa shape index (κ1) is 16.5. The van der Waals surface area contributed by atoms with Crippen molar-refractivity contribution >= 4 is 0 Å². The van der Waals surface area contributed by atoms with Crippen LogP contribution in [-0.4, -0.2) is 37.7 Å². The molecule has 1 saturated heterocycles. The Hall–Kier alpha value is -0.900. The number of nitrogens with one attached hydrogen (secondary N) is 1. The second kappa shape index (κ2) is 9.93. The highest BCUT2D eigenvalue weighted by atomic mass is 16.5. The summed E-state index contributed by atoms with van der Waals surface area (Å²) in [4.78, 5) is 2.52. The third-order valence-corrected chi connectivity index (χ3v) is 4.02. The van der Waals surface area contributed by atoms with E-state index in [1.807, 2.05) is 0 Å². The van der Waals surface area contributed by atoms with E-state index in [-0.39, 0.29) is 0 Å². The molecule has 118 valence electrons. The summed E-state index contributed by atoms with van der Waals surface area (Å²) in [7, 11) is 0. The second-order valence-electron chi connectivity index (χ2n) is 5.95. The predicted molar refractivity (Wildman–Crippen MR) is 88.4 cm³/mol. The Morgan fingerprint density at radius 2 is 1.95 bits per heavy atom. The summed E-state index contributed by atoms with van der Waals surface area (Å²) in [5.41, 5.74) is 2.63. The van der Waals surface area contributed by atoms with Crippen LogP contribution in [0, 0.1) is 0 Å². The standard InChI is InChI=1S/C18H30N2O/c1-2-9-19-15-17-7-6-8-18(14-17)16-21-13-12-20-10-4-3-5-11-20/h6-8,14,19H,2-5,9-13,15-16H2,1H3. The number of ether oxygens (including phenoxy) is 1. The lowest BCUT2D eigenvalue weighted by Gasteiger charge is -2.26. The Balaban J connectivity index is 1.64. The largest absolute Gasteiger partial charge is 0.375 e. The molecular formula is C18H30N2O. The minimum atomic E-state index is 0.732. The molecule has 0 unspecified atom stereocenters. The fourth-order valence-electron chi connectivity index (χ4n) is 2.81. The molecule has 1 aromatic carbocycles. The molecule has 2 rings (SSSR count). The fraction of sp³-hybridized carbons (Fsp3) is 0.667. The summed E-state index contributed by atoms with van der Waals surface area (Å²) >= 11 is 0. The van der Waals surface area contributed by atoms with Crippen LogP contribution in [0.15, 0.2) is 24.3 Å². The predicted octanol–water partition coefficient (Wildman–Crippen LogP) is 3.19. The van der Waals surface area contributed by atoms with E-state index in [0.717, 1.165) is 32.8 Å². The van der Waals surface area contributed by atoms with Gasteiger partial charge in [-0.25, -0.2) is 0 Å². The van der Waals surface area contributed by atoms with Crippen LogP contribution in [0.2, 0.25) is 0 Å². The molecule has 1 fully saturated rings. The Morgan fingerprint density at radius 3 is 2.76 bits per heavy atom. The smallest absolute Gasteiger partial charge is 0.0717 e. The quantitative estimate of drug-likeness (QED) is 0.707. The SMILES string of the molecule is CCCNCc1cccc(COCCN2CCCCC2)c1. The zero-order valence-electron chi connectivity index (χ0n) is 13.4. The van der Waals surface area contributed by atoms with E-state index in [4.69, 9.17) is 4.74 Å². The normalized spacial score (nSPS) is 16.2. The van der Waals surface area contributed by atoms with Crippen molar-refractivity contribution in [2.75, 3.05) is 32.8 Å². The maximum atomic E-state index is 5.84. The minimum absolute atomic E-state index is 0.732. The van der Waals surface area contributed by atoms with Gasteiger partial charge >= 0.3 is 0 Å². The topological polar surface area (TPSA) is 24.5 Å². The lowest BCUT2D eigenvalue weighted by molar-refractivity contribution is 0.0863. The molecule has 0 saturated carbocycles. The van der Waals surface area contributed by atoms with Gasteiger partial charge in [0.2, 0.25) is 0 Å². The number of likely N-dealkylation sites (tertiary alicyclic amines) is 1. The van der Waals surface area contributed by atoms with Gasteiger partial charge in [-0.3, -0.25) is 0 Å². The maximum absolute atomic E-state index is 5.84. The van der Waals surface area contributed by atoms with Gasteiger partial charge in [0.05, 0.1) is 13.2 Å². The second-order valence-corrected chi connectivity index (χ2v) is 5.95. The van der Waals surface area contributed by atoms with Crippen molar-refractivity contribution in [3.63, 3.8) is 0 Å². The molecule has 0 atom stereocenters. The summed E-state index contributed by atoms with van der Waals surface area (Å²) in [5, 5.41) is 3.44. The minimum Gasteiger partial charge on any atom is -0.375 e. The molecule has 1 heterocycles. The number of rotatable bonds is 9. The molecule has 21 heavy (non-hydrogen) atoms. The van der Waals surface area contributed by atoms with E-state index in [0.29, 0.717) is 0 Å². The van der Waals surface area contributed by atoms with Crippen molar-refractivity contribution in [2.24, 2.45) is 0 Å². The number of benzene rings is 1. The van der Waals surface area contributed by atoms with Crippen LogP contribution in [0.3, 0.4) is 0 Å². The van der Waals surface area contributed by atoms with Crippen molar-refractivity contribution in [1.29, 1.82) is 0 Å². The van der Waals surface area contributed by atoms with Crippen molar-refractivity contribution in [3.8, 4) is 0 Å². The molecular weight excluding hydrogens is 260 g/mol. The molecule has 0 amide bonds. The van der Waals surface area contributed by atoms with Crippen LogP contribution in [0.4, 0.5) is 0 Å². The van der Waals surface area contributed by atoms with Crippen LogP contribution >= 0.6 is 0 Å². The zero-order chi connectivity index (χ0) is 14.8. The highest BCUT2D eigenvalue weighted by Crippen LogP contribution is 2.09. The van der Waals surface area contributed by atoms with Crippen molar-refractivity contribution in [1.82, 2.24) is 10.2 Å². The molecule has 0 aromatic heterocycles. The average molecular weight is 290 g/mol. The Bertz CT molecular complexity index is 389. The zero-order valence-corrected chi connectivity index (χ0v) is 13.4. The summed E-state index contributed by atoms with van der Waals surface area (Å²) in [6.07, 6.45) is 5.29. The molecule has 0 aliphatic carbocycles. The molecule has 1 aromatic rings. The van der Waals surface area contributed by atoms with Crippen LogP contribution in [0.1, 0.15) is 43.7 Å². The van der Waals surface area contributed by atoms with Gasteiger partial charge in [0.25, 0.3) is 0 Å². The number of hydrogen-bond donors (Lipinski definition) is 1. The summed E-state index contributed by atoms with van der Waals surface area (Å²) < 4.78 is 5.84. The van der Waals surface area contributed by atoms with Gasteiger partial charge in [0.15, 0.2) is 0 Å². The van der Waals surface area contributed by atoms with E-state index >= 15 is 0 Å². The highest BCUT2D eigenvalue weighted by Gasteiger charge is 2.09. The lowest BCUT2D eigenvalue weighted by Crippen LogP contribution is -2.32. The van der Waals surface area contributed by atoms with Crippen molar-refractivity contribution < 1.29 is 4.74 Å². The van der Waals surface area contributed by atoms with Gasteiger partial charge < -0.3 is 15.0 Å². The summed E-state index contributed by atoms with van der Waals surface area (Å²) in [6.45, 7) is 9.39. The highest BCUT2D eigenvalue weighted by molar-refractivity contribution is 5.22. The van der Waals surface area contributed by atoms with E-state index < -0.39 is 0 Å². The molecule has 3 nitrogen and oxygen atoms in total. The molecule has 0 radical (unpaired) electrons. The van der Waals surface area contributed by atoms with Gasteiger partial charge in [-0.15, -0.1) is 0 Å². The van der Waals surface area contributed by atoms with Crippen LogP contribution in [0.25, 0.3) is 0 Å². The Kier molecular flexibility index (Phi) is 7.79. The van der Waals surface area contributed by atoms with E-state index in [1.165, 1.54) is 49.9 Å². The number of piperidine rings is 1. The Labute approximate surface area is 129 Å². The molecule has 0 spiro atoms.